The summed E-state index contributed by atoms with van der Waals surface area (Å²) in [5.41, 5.74) is 6.16. The number of carbonyl (C=O) groups is 1. The maximum absolute atomic E-state index is 14.6. The van der Waals surface area contributed by atoms with Gasteiger partial charge in [0.1, 0.15) is 5.82 Å². The van der Waals surface area contributed by atoms with E-state index in [1.165, 1.54) is 6.07 Å². The number of amides is 1. The number of nitrogens with zero attached hydrogens (tertiary/aromatic N) is 3. The van der Waals surface area contributed by atoms with Crippen molar-refractivity contribution >= 4 is 33.5 Å². The molecule has 3 N–H and O–H groups in total. The topological polar surface area (TPSA) is 99.3 Å². The number of nitrogens with one attached hydrogen (secondary N) is 3. The fraction of sp³-hybridized carbons (Fsp3) is 0.133. The predicted molar refractivity (Wildman–Crippen MR) is 148 cm³/mol. The van der Waals surface area contributed by atoms with Gasteiger partial charge in [-0.25, -0.2) is 9.37 Å². The molecule has 0 aliphatic carbocycles. The molecule has 0 saturated carbocycles. The molecule has 0 spiro atoms. The van der Waals surface area contributed by atoms with Gasteiger partial charge < -0.3 is 10.3 Å². The number of H-pyrrole nitrogens is 2. The summed E-state index contributed by atoms with van der Waals surface area (Å²) in [6, 6.07) is 18.4. The van der Waals surface area contributed by atoms with Crippen molar-refractivity contribution in [1.29, 1.82) is 0 Å². The standard InChI is InChI=1S/C30H25FN6O/c1-30(2,3)29(38)34-19-11-17(14-32-16-19)18-12-23-27(36-37-28(23)33-15-18)26-13-22-20(8-6-10-25(22)35-26)21-7-4-5-9-24(21)31/h4-16,35H,1-3H3,(H,34,38)(H,33,36,37). The SMILES string of the molecule is CC(C)(C)C(=O)Nc1cncc(-c2cnc3n[nH]c(-c4cc5c(-c6ccccc6F)cccc5[nH]4)c3c2)c1. The third-order valence-electron chi connectivity index (χ3n) is 6.52. The summed E-state index contributed by atoms with van der Waals surface area (Å²) in [5.74, 6) is -0.353. The van der Waals surface area contributed by atoms with Crippen molar-refractivity contribution in [3.63, 3.8) is 0 Å². The number of benzene rings is 2. The monoisotopic (exact) mass is 504 g/mol. The number of pyridine rings is 2. The molecule has 7 nitrogen and oxygen atoms in total. The molecule has 38 heavy (non-hydrogen) atoms. The highest BCUT2D eigenvalue weighted by Gasteiger charge is 2.21. The van der Waals surface area contributed by atoms with Gasteiger partial charge in [0.05, 0.1) is 23.3 Å². The van der Waals surface area contributed by atoms with E-state index in [1.54, 1.807) is 30.7 Å². The Morgan fingerprint density at radius 1 is 0.895 bits per heavy atom. The van der Waals surface area contributed by atoms with Crippen LogP contribution in [0, 0.1) is 11.2 Å². The number of carbonyl (C=O) groups excluding carboxylic acids is 1. The lowest BCUT2D eigenvalue weighted by Gasteiger charge is -2.17. The lowest BCUT2D eigenvalue weighted by molar-refractivity contribution is -0.123. The second-order valence-electron chi connectivity index (χ2n) is 10.3. The molecule has 6 aromatic rings. The molecule has 0 atom stereocenters. The van der Waals surface area contributed by atoms with Gasteiger partial charge in [0.25, 0.3) is 0 Å². The minimum Gasteiger partial charge on any atom is -0.353 e. The largest absolute Gasteiger partial charge is 0.353 e. The summed E-state index contributed by atoms with van der Waals surface area (Å²) in [4.78, 5) is 24.7. The quantitative estimate of drug-likeness (QED) is 0.242. The normalized spacial score (nSPS) is 11.8. The van der Waals surface area contributed by atoms with Crippen LogP contribution in [0.4, 0.5) is 10.1 Å². The van der Waals surface area contributed by atoms with Gasteiger partial charge in [-0.3, -0.25) is 14.9 Å². The van der Waals surface area contributed by atoms with Crippen molar-refractivity contribution in [3.8, 4) is 33.6 Å². The summed E-state index contributed by atoms with van der Waals surface area (Å²) < 4.78 is 14.6. The van der Waals surface area contributed by atoms with Gasteiger partial charge in [-0.05, 0) is 35.9 Å². The summed E-state index contributed by atoms with van der Waals surface area (Å²) in [5, 5.41) is 12.2. The average Bonchev–Trinajstić information content (AvgIpc) is 3.52. The van der Waals surface area contributed by atoms with Gasteiger partial charge >= 0.3 is 0 Å². The van der Waals surface area contributed by atoms with Gasteiger partial charge in [-0.1, -0.05) is 51.1 Å². The Kier molecular flexibility index (Phi) is 5.52. The van der Waals surface area contributed by atoms with E-state index in [4.69, 9.17) is 0 Å². The van der Waals surface area contributed by atoms with Crippen molar-refractivity contribution in [2.45, 2.75) is 20.8 Å². The molecule has 0 aliphatic heterocycles. The number of fused-ring (bicyclic) bond motifs is 2. The molecule has 0 saturated heterocycles. The van der Waals surface area contributed by atoms with Crippen LogP contribution in [0.5, 0.6) is 0 Å². The molecule has 0 aliphatic rings. The van der Waals surface area contributed by atoms with Crippen LogP contribution in [0.1, 0.15) is 20.8 Å². The number of aromatic amines is 2. The Bertz CT molecular complexity index is 1830. The first-order valence-electron chi connectivity index (χ1n) is 12.3. The molecule has 8 heteroatoms. The van der Waals surface area contributed by atoms with E-state index in [-0.39, 0.29) is 11.7 Å². The molecule has 6 rings (SSSR count). The van der Waals surface area contributed by atoms with Crippen molar-refractivity contribution in [1.82, 2.24) is 25.1 Å². The van der Waals surface area contributed by atoms with E-state index < -0.39 is 5.41 Å². The Morgan fingerprint density at radius 3 is 2.50 bits per heavy atom. The highest BCUT2D eigenvalue weighted by molar-refractivity contribution is 6.01. The van der Waals surface area contributed by atoms with Crippen LogP contribution in [-0.2, 0) is 4.79 Å². The van der Waals surface area contributed by atoms with Crippen molar-refractivity contribution < 1.29 is 9.18 Å². The van der Waals surface area contributed by atoms with Crippen LogP contribution in [-0.4, -0.2) is 31.1 Å². The minimum absolute atomic E-state index is 0.0873. The molecular weight excluding hydrogens is 479 g/mol. The first-order valence-corrected chi connectivity index (χ1v) is 12.3. The summed E-state index contributed by atoms with van der Waals surface area (Å²) >= 11 is 0. The van der Waals surface area contributed by atoms with Crippen LogP contribution in [0.2, 0.25) is 0 Å². The van der Waals surface area contributed by atoms with Crippen LogP contribution >= 0.6 is 0 Å². The van der Waals surface area contributed by atoms with Crippen LogP contribution in [0.3, 0.4) is 0 Å². The lowest BCUT2D eigenvalue weighted by Crippen LogP contribution is -2.27. The fourth-order valence-corrected chi connectivity index (χ4v) is 4.45. The van der Waals surface area contributed by atoms with E-state index >= 15 is 0 Å². The first-order chi connectivity index (χ1) is 18.3. The number of anilines is 1. The number of rotatable bonds is 4. The maximum Gasteiger partial charge on any atom is 0.229 e. The molecule has 2 aromatic carbocycles. The molecular formula is C30H25FN6O. The van der Waals surface area contributed by atoms with Crippen LogP contribution < -0.4 is 5.32 Å². The van der Waals surface area contributed by atoms with Gasteiger partial charge in [-0.15, -0.1) is 0 Å². The fourth-order valence-electron chi connectivity index (χ4n) is 4.45. The average molecular weight is 505 g/mol. The van der Waals surface area contributed by atoms with Crippen LogP contribution in [0.15, 0.2) is 79.3 Å². The highest BCUT2D eigenvalue weighted by atomic mass is 19.1. The predicted octanol–water partition coefficient (Wildman–Crippen LogP) is 6.96. The lowest BCUT2D eigenvalue weighted by atomic mass is 9.95. The Hall–Kier alpha value is -4.85. The van der Waals surface area contributed by atoms with Crippen LogP contribution in [0.25, 0.3) is 55.6 Å². The molecule has 0 fully saturated rings. The summed E-state index contributed by atoms with van der Waals surface area (Å²) in [7, 11) is 0. The number of halogens is 1. The first kappa shape index (κ1) is 23.5. The third-order valence-corrected chi connectivity index (χ3v) is 6.52. The van der Waals surface area contributed by atoms with Crippen molar-refractivity contribution in [2.24, 2.45) is 5.41 Å². The molecule has 1 amide bonds. The van der Waals surface area contributed by atoms with Crippen molar-refractivity contribution in [2.75, 3.05) is 5.32 Å². The summed E-state index contributed by atoms with van der Waals surface area (Å²) in [6.07, 6.45) is 5.10. The van der Waals surface area contributed by atoms with Gasteiger partial charge in [0, 0.05) is 50.8 Å². The Balaban J connectivity index is 1.41. The molecule has 0 radical (unpaired) electrons. The maximum atomic E-state index is 14.6. The van der Waals surface area contributed by atoms with E-state index in [0.29, 0.717) is 16.9 Å². The van der Waals surface area contributed by atoms with E-state index in [9.17, 15) is 9.18 Å². The zero-order chi connectivity index (χ0) is 26.4. The highest BCUT2D eigenvalue weighted by Crippen LogP contribution is 2.35. The zero-order valence-corrected chi connectivity index (χ0v) is 21.1. The molecule has 188 valence electrons. The second-order valence-corrected chi connectivity index (χ2v) is 10.3. The minimum atomic E-state index is -0.520. The molecule has 4 heterocycles. The van der Waals surface area contributed by atoms with Gasteiger partial charge in [0.2, 0.25) is 5.91 Å². The van der Waals surface area contributed by atoms with E-state index in [2.05, 4.69) is 30.5 Å². The third kappa shape index (κ3) is 4.20. The van der Waals surface area contributed by atoms with Gasteiger partial charge in [-0.2, -0.15) is 5.10 Å². The van der Waals surface area contributed by atoms with E-state index in [1.807, 2.05) is 63.2 Å². The van der Waals surface area contributed by atoms with Gasteiger partial charge in [0.15, 0.2) is 5.65 Å². The molecule has 0 unspecified atom stereocenters. The zero-order valence-electron chi connectivity index (χ0n) is 21.1. The number of hydrogen-bond acceptors (Lipinski definition) is 4. The van der Waals surface area contributed by atoms with E-state index in [0.717, 1.165) is 44.4 Å². The summed E-state index contributed by atoms with van der Waals surface area (Å²) in [6.45, 7) is 5.59. The number of aromatic nitrogens is 5. The molecule has 0 bridgehead atoms. The number of hydrogen-bond donors (Lipinski definition) is 3. The second kappa shape index (κ2) is 8.92. The Labute approximate surface area is 218 Å². The Morgan fingerprint density at radius 2 is 1.68 bits per heavy atom. The van der Waals surface area contributed by atoms with Crippen molar-refractivity contribution in [3.05, 3.63) is 85.1 Å². The smallest absolute Gasteiger partial charge is 0.229 e. The molecule has 4 aromatic heterocycles.